The van der Waals surface area contributed by atoms with Gasteiger partial charge in [-0.05, 0) is 37.1 Å². The number of carbonyl (C=O) groups is 3. The summed E-state index contributed by atoms with van der Waals surface area (Å²) in [5.74, 6) is -5.20. The van der Waals surface area contributed by atoms with Crippen molar-refractivity contribution in [3.63, 3.8) is 0 Å². The first-order valence-electron chi connectivity index (χ1n) is 14.9. The number of carbonyl (C=O) groups excluding carboxylic acids is 2. The molecule has 3 aliphatic rings. The van der Waals surface area contributed by atoms with Gasteiger partial charge in [0.25, 0.3) is 0 Å². The van der Waals surface area contributed by atoms with Crippen molar-refractivity contribution in [3.05, 3.63) is 70.3 Å². The van der Waals surface area contributed by atoms with E-state index in [2.05, 4.69) is 14.8 Å². The number of carboxylic acid groups (broad SMARTS) is 1. The van der Waals surface area contributed by atoms with Gasteiger partial charge in [0.15, 0.2) is 5.60 Å². The van der Waals surface area contributed by atoms with E-state index in [0.717, 1.165) is 23.8 Å². The largest absolute Gasteiger partial charge is 0.477 e. The lowest BCUT2D eigenvalue weighted by molar-refractivity contribution is -0.266. The van der Waals surface area contributed by atoms with Gasteiger partial charge in [0.2, 0.25) is 11.3 Å². The highest BCUT2D eigenvalue weighted by Gasteiger charge is 2.64. The summed E-state index contributed by atoms with van der Waals surface area (Å²) >= 11 is 0. The number of amides is 2. The zero-order chi connectivity index (χ0) is 32.8. The van der Waals surface area contributed by atoms with E-state index >= 15 is 8.78 Å². The number of halogens is 2. The summed E-state index contributed by atoms with van der Waals surface area (Å²) in [4.78, 5) is 51.7. The first-order valence-corrected chi connectivity index (χ1v) is 15.3. The number of fused-ring (bicyclic) bond motifs is 1. The van der Waals surface area contributed by atoms with Gasteiger partial charge in [-0.1, -0.05) is 18.2 Å². The molecule has 0 radical (unpaired) electrons. The number of aromatic nitrogens is 1. The van der Waals surface area contributed by atoms with Crippen LogP contribution in [0.25, 0.3) is 10.9 Å². The van der Waals surface area contributed by atoms with Crippen molar-refractivity contribution in [1.82, 2.24) is 14.8 Å². The first-order chi connectivity index (χ1) is 22.0. The fraction of sp³-hybridized carbons (Fsp3) is 0.419. The van der Waals surface area contributed by atoms with Crippen LogP contribution in [0.1, 0.15) is 49.0 Å². The third kappa shape index (κ3) is 5.64. The molecular weight excluding hydrogens is 625 g/mol. The number of hydrogen-bond donors (Lipinski definition) is 2. The number of aromatic carboxylic acids is 1. The number of rotatable bonds is 10. The molecule has 2 unspecified atom stereocenters. The van der Waals surface area contributed by atoms with E-state index in [-0.39, 0.29) is 67.8 Å². The van der Waals surface area contributed by atoms with Crippen LogP contribution in [0.15, 0.2) is 53.5 Å². The van der Waals surface area contributed by atoms with Crippen molar-refractivity contribution >= 4 is 44.0 Å². The van der Waals surface area contributed by atoms with Gasteiger partial charge in [-0.3, -0.25) is 9.59 Å². The topological polar surface area (TPSA) is 140 Å². The lowest BCUT2D eigenvalue weighted by Crippen LogP contribution is -2.68. The second kappa shape index (κ2) is 12.1. The predicted octanol–water partition coefficient (Wildman–Crippen LogP) is 3.98. The van der Waals surface area contributed by atoms with Gasteiger partial charge in [0.1, 0.15) is 23.2 Å². The molecule has 3 fully saturated rings. The summed E-state index contributed by atoms with van der Waals surface area (Å²) in [7, 11) is 2.06. The zero-order valence-corrected chi connectivity index (χ0v) is 26.1. The molecule has 6 rings (SSSR count). The van der Waals surface area contributed by atoms with Gasteiger partial charge in [-0.15, -0.1) is 0 Å². The highest BCUT2D eigenvalue weighted by atomic mass is 31.0. The summed E-state index contributed by atoms with van der Waals surface area (Å²) in [6, 6.07) is 10.7. The van der Waals surface area contributed by atoms with E-state index in [0.29, 0.717) is 5.52 Å². The van der Waals surface area contributed by atoms with E-state index < -0.39 is 46.6 Å². The third-order valence-corrected chi connectivity index (χ3v) is 9.22. The summed E-state index contributed by atoms with van der Waals surface area (Å²) in [5.41, 5.74) is -2.39. The van der Waals surface area contributed by atoms with Gasteiger partial charge in [-0.25, -0.2) is 18.9 Å². The van der Waals surface area contributed by atoms with Gasteiger partial charge in [-0.2, -0.15) is 4.39 Å². The van der Waals surface area contributed by atoms with Crippen LogP contribution >= 0.6 is 9.47 Å². The zero-order valence-electron chi connectivity index (χ0n) is 24.9. The van der Waals surface area contributed by atoms with Crippen molar-refractivity contribution in [2.24, 2.45) is 0 Å². The minimum Gasteiger partial charge on any atom is -0.477 e. The Labute approximate surface area is 264 Å². The van der Waals surface area contributed by atoms with Gasteiger partial charge >= 0.3 is 18.0 Å². The number of anilines is 1. The molecule has 15 heteroatoms. The number of ether oxygens (including phenoxy) is 2. The molecule has 2 N–H and O–H groups in total. The SMILES string of the molecule is CC(=O)NC[C@H]1CN(C(F)(Oc2ccccc2)C2(OP)CCN(c3cc4c(cc3F)c(=O)c(C(=O)O)cn4C3CC3)CC2)C(=O)O1. The normalized spacial score (nSPS) is 20.7. The molecule has 2 amide bonds. The number of pyridine rings is 1. The Morgan fingerprint density at radius 3 is 2.48 bits per heavy atom. The van der Waals surface area contributed by atoms with Crippen molar-refractivity contribution in [2.45, 2.75) is 56.3 Å². The Balaban J connectivity index is 1.32. The van der Waals surface area contributed by atoms with Gasteiger partial charge < -0.3 is 33.9 Å². The van der Waals surface area contributed by atoms with E-state index in [1.165, 1.54) is 31.3 Å². The van der Waals surface area contributed by atoms with Crippen LogP contribution in [0.4, 0.5) is 19.3 Å². The van der Waals surface area contributed by atoms with E-state index in [9.17, 15) is 24.3 Å². The van der Waals surface area contributed by atoms with Crippen molar-refractivity contribution < 1.29 is 42.3 Å². The minimum atomic E-state index is -2.88. The quantitative estimate of drug-likeness (QED) is 0.245. The van der Waals surface area contributed by atoms with E-state index in [4.69, 9.17) is 14.0 Å². The second-order valence-electron chi connectivity index (χ2n) is 11.8. The van der Waals surface area contributed by atoms with E-state index in [1.54, 1.807) is 27.7 Å². The highest BCUT2D eigenvalue weighted by molar-refractivity contribution is 7.09. The molecule has 3 atom stereocenters. The number of carboxylic acids is 1. The first kappa shape index (κ1) is 31.7. The molecule has 46 heavy (non-hydrogen) atoms. The Hall–Kier alpha value is -4.29. The molecule has 2 aliphatic heterocycles. The molecule has 2 saturated heterocycles. The highest BCUT2D eigenvalue weighted by Crippen LogP contribution is 2.47. The Morgan fingerprint density at radius 1 is 1.17 bits per heavy atom. The van der Waals surface area contributed by atoms with Crippen LogP contribution in [0, 0.1) is 5.82 Å². The predicted molar refractivity (Wildman–Crippen MR) is 165 cm³/mol. The third-order valence-electron chi connectivity index (χ3n) is 8.77. The Kier molecular flexibility index (Phi) is 8.36. The summed E-state index contributed by atoms with van der Waals surface area (Å²) in [6.07, 6.45) is 0.943. The molecule has 3 aromatic rings. The average Bonchev–Trinajstić information content (AvgIpc) is 3.81. The maximum atomic E-state index is 17.7. The van der Waals surface area contributed by atoms with Crippen molar-refractivity contribution in [1.29, 1.82) is 0 Å². The monoisotopic (exact) mass is 658 g/mol. The van der Waals surface area contributed by atoms with Gasteiger partial charge in [0.05, 0.1) is 24.3 Å². The summed E-state index contributed by atoms with van der Waals surface area (Å²) in [5, 5.41) is 12.1. The molecule has 244 valence electrons. The van der Waals surface area contributed by atoms with Crippen LogP contribution in [0.5, 0.6) is 5.75 Å². The molecule has 12 nitrogen and oxygen atoms in total. The minimum absolute atomic E-state index is 0.00369. The number of benzene rings is 2. The van der Waals surface area contributed by atoms with Gasteiger partial charge in [0, 0.05) is 59.9 Å². The smallest absolute Gasteiger partial charge is 0.415 e. The molecule has 0 spiro atoms. The molecule has 1 aromatic heterocycles. The summed E-state index contributed by atoms with van der Waals surface area (Å²) < 4.78 is 52.1. The molecular formula is C31H33F2N4O8P. The molecule has 0 bridgehead atoms. The second-order valence-corrected chi connectivity index (χ2v) is 12.0. The number of cyclic esters (lactones) is 1. The number of para-hydroxylation sites is 1. The Morgan fingerprint density at radius 2 is 1.87 bits per heavy atom. The lowest BCUT2D eigenvalue weighted by Gasteiger charge is -2.50. The van der Waals surface area contributed by atoms with Crippen LogP contribution in [-0.4, -0.2) is 76.4 Å². The molecule has 1 saturated carbocycles. The fourth-order valence-electron chi connectivity index (χ4n) is 6.17. The van der Waals surface area contributed by atoms with Crippen molar-refractivity contribution in [2.75, 3.05) is 31.1 Å². The number of hydrogen-bond acceptors (Lipinski definition) is 8. The maximum absolute atomic E-state index is 17.7. The van der Waals surface area contributed by atoms with Crippen LogP contribution in [0.3, 0.4) is 0 Å². The van der Waals surface area contributed by atoms with Crippen LogP contribution in [-0.2, 0) is 14.1 Å². The molecule has 1 aliphatic carbocycles. The lowest BCUT2D eigenvalue weighted by atomic mass is 9.86. The standard InChI is InChI=1S/C31H33F2N4O8P/c1-18(38)34-15-21-16-37(29(42)43-21)31(33,44-20-5-3-2-4-6-20)30(45-46)9-11-35(12-10-30)26-14-25-22(13-24(26)32)27(39)23(28(40)41)17-36(25)19-7-8-19/h2-6,13-14,17,19,21H,7-12,15-16,46H2,1H3,(H,34,38)(H,40,41)/t21-,31?/m0/s1. The number of nitrogens with zero attached hydrogens (tertiary/aromatic N) is 3. The summed E-state index contributed by atoms with van der Waals surface area (Å²) in [6.45, 7) is 1.19. The number of piperidine rings is 1. The molecule has 2 aromatic carbocycles. The van der Waals surface area contributed by atoms with Crippen LogP contribution in [0.2, 0.25) is 0 Å². The van der Waals surface area contributed by atoms with Crippen LogP contribution < -0.4 is 20.4 Å². The van der Waals surface area contributed by atoms with Crippen molar-refractivity contribution in [3.8, 4) is 5.75 Å². The fourth-order valence-corrected chi connectivity index (χ4v) is 6.56. The van der Waals surface area contributed by atoms with E-state index in [1.807, 2.05) is 0 Å². The maximum Gasteiger partial charge on any atom is 0.415 e. The average molecular weight is 659 g/mol. The number of nitrogens with one attached hydrogen (secondary N) is 1. The molecule has 3 heterocycles. The number of alkyl halides is 1. The Bertz CT molecular complexity index is 1750.